The van der Waals surface area contributed by atoms with Crippen LogP contribution in [-0.2, 0) is 21.6 Å². The second-order valence-electron chi connectivity index (χ2n) is 8.68. The zero-order valence-corrected chi connectivity index (χ0v) is 18.4. The first kappa shape index (κ1) is 22.1. The number of aromatic nitrogens is 2. The Hall–Kier alpha value is -3.09. The summed E-state index contributed by atoms with van der Waals surface area (Å²) >= 11 is 0. The van der Waals surface area contributed by atoms with Gasteiger partial charge in [0.25, 0.3) is 0 Å². The van der Waals surface area contributed by atoms with E-state index < -0.39 is 11.6 Å². The predicted octanol–water partition coefficient (Wildman–Crippen LogP) is 3.11. The highest BCUT2D eigenvalue weighted by atomic mass is 16.6. The minimum Gasteiger partial charge on any atom is -0.457 e. The van der Waals surface area contributed by atoms with Crippen molar-refractivity contribution in [2.24, 2.45) is 0 Å². The Morgan fingerprint density at radius 3 is 2.22 bits per heavy atom. The van der Waals surface area contributed by atoms with E-state index in [1.165, 1.54) is 0 Å². The number of likely N-dealkylation sites (tertiary alicyclic amines) is 1. The zero-order valence-electron chi connectivity index (χ0n) is 18.4. The summed E-state index contributed by atoms with van der Waals surface area (Å²) in [4.78, 5) is 22.0. The van der Waals surface area contributed by atoms with Crippen molar-refractivity contribution < 1.29 is 19.1 Å². The first-order valence-electron chi connectivity index (χ1n) is 11.1. The fraction of sp³-hybridized carbons (Fsp3) is 0.346. The Bertz CT molecular complexity index is 975. The van der Waals surface area contributed by atoms with Gasteiger partial charge in [0, 0.05) is 25.2 Å². The molecule has 2 heterocycles. The number of rotatable bonds is 8. The van der Waals surface area contributed by atoms with Gasteiger partial charge in [0.2, 0.25) is 5.60 Å². The molecular weight excluding hydrogens is 402 g/mol. The summed E-state index contributed by atoms with van der Waals surface area (Å²) < 4.78 is 6.62. The topological polar surface area (TPSA) is 72.3 Å². The summed E-state index contributed by atoms with van der Waals surface area (Å²) in [5, 5.41) is 11.6. The van der Waals surface area contributed by atoms with Crippen LogP contribution in [0.3, 0.4) is 0 Å². The van der Waals surface area contributed by atoms with Crippen LogP contribution in [0.1, 0.15) is 29.8 Å². The fourth-order valence-corrected chi connectivity index (χ4v) is 4.59. The number of carbonyl (C=O) groups excluding carboxylic acids is 1. The van der Waals surface area contributed by atoms with E-state index in [1.54, 1.807) is 36.7 Å². The highest BCUT2D eigenvalue weighted by molar-refractivity contribution is 5.85. The third-order valence-electron chi connectivity index (χ3n) is 6.64. The number of nitrogens with zero attached hydrogens (tertiary/aromatic N) is 3. The highest BCUT2D eigenvalue weighted by Gasteiger charge is 2.44. The second kappa shape index (κ2) is 9.59. The lowest BCUT2D eigenvalue weighted by atomic mass is 9.86. The summed E-state index contributed by atoms with van der Waals surface area (Å²) in [6.07, 6.45) is 6.36. The maximum Gasteiger partial charge on any atom is 0.347 e. The second-order valence-corrected chi connectivity index (χ2v) is 8.68. The van der Waals surface area contributed by atoms with Gasteiger partial charge < -0.3 is 14.3 Å². The van der Waals surface area contributed by atoms with E-state index in [0.29, 0.717) is 11.1 Å². The number of ether oxygens (including phenoxy) is 1. The minimum atomic E-state index is -1.84. The Morgan fingerprint density at radius 2 is 1.62 bits per heavy atom. The predicted molar refractivity (Wildman–Crippen MR) is 122 cm³/mol. The largest absolute Gasteiger partial charge is 0.457 e. The molecule has 32 heavy (non-hydrogen) atoms. The molecular formula is C26H30N3O3+. The molecule has 1 aromatic heterocycles. The van der Waals surface area contributed by atoms with Gasteiger partial charge in [0.1, 0.15) is 18.5 Å². The van der Waals surface area contributed by atoms with Crippen molar-refractivity contribution >= 4 is 5.97 Å². The average molecular weight is 433 g/mol. The summed E-state index contributed by atoms with van der Waals surface area (Å²) in [6.45, 7) is 2.18. The Morgan fingerprint density at radius 1 is 1.03 bits per heavy atom. The van der Waals surface area contributed by atoms with Crippen LogP contribution in [0.4, 0.5) is 0 Å². The molecule has 6 nitrogen and oxygen atoms in total. The first-order valence-corrected chi connectivity index (χ1v) is 11.1. The molecule has 0 saturated carbocycles. The fourth-order valence-electron chi connectivity index (χ4n) is 4.59. The molecule has 1 unspecified atom stereocenters. The van der Waals surface area contributed by atoms with Crippen LogP contribution in [0.15, 0.2) is 79.1 Å². The van der Waals surface area contributed by atoms with Crippen molar-refractivity contribution in [1.82, 2.24) is 9.97 Å². The van der Waals surface area contributed by atoms with Gasteiger partial charge in [-0.1, -0.05) is 60.7 Å². The minimum absolute atomic E-state index is 0.179. The standard InChI is InChI=1S/C26H30N3O3/c1-29(19-15-24-27-16-9-17-28-24)18-8-14-23(29)20-32-25(30)26(31,21-10-4-2-5-11-21)22-12-6-3-7-13-22/h2-7,9-13,16-17,23,31H,8,14-15,18-20H2,1H3/q+1/t23-,29?/m1/s1. The number of carbonyl (C=O) groups is 1. The number of benzene rings is 2. The van der Waals surface area contributed by atoms with Crippen molar-refractivity contribution in [3.05, 3.63) is 96.1 Å². The van der Waals surface area contributed by atoms with Gasteiger partial charge in [0.15, 0.2) is 0 Å². The molecule has 1 N–H and O–H groups in total. The summed E-state index contributed by atoms with van der Waals surface area (Å²) in [6, 6.07) is 20.0. The van der Waals surface area contributed by atoms with Crippen molar-refractivity contribution in [3.63, 3.8) is 0 Å². The lowest BCUT2D eigenvalue weighted by molar-refractivity contribution is -0.921. The molecule has 1 fully saturated rings. The summed E-state index contributed by atoms with van der Waals surface area (Å²) in [7, 11) is 2.20. The van der Waals surface area contributed by atoms with Crippen molar-refractivity contribution in [2.75, 3.05) is 26.7 Å². The third-order valence-corrected chi connectivity index (χ3v) is 6.64. The third kappa shape index (κ3) is 4.56. The van der Waals surface area contributed by atoms with Gasteiger partial charge in [-0.15, -0.1) is 0 Å². The van der Waals surface area contributed by atoms with Crippen LogP contribution in [0.5, 0.6) is 0 Å². The molecule has 2 aromatic carbocycles. The molecule has 1 aliphatic rings. The van der Waals surface area contributed by atoms with Gasteiger partial charge in [-0.2, -0.15) is 0 Å². The van der Waals surface area contributed by atoms with Gasteiger partial charge in [-0.05, 0) is 17.2 Å². The van der Waals surface area contributed by atoms with Crippen LogP contribution in [0.2, 0.25) is 0 Å². The van der Waals surface area contributed by atoms with Gasteiger partial charge in [0.05, 0.1) is 26.6 Å². The van der Waals surface area contributed by atoms with E-state index in [2.05, 4.69) is 17.0 Å². The van der Waals surface area contributed by atoms with E-state index in [0.717, 1.165) is 42.7 Å². The number of esters is 1. The zero-order chi connectivity index (χ0) is 22.4. The smallest absolute Gasteiger partial charge is 0.347 e. The molecule has 0 spiro atoms. The Labute approximate surface area is 189 Å². The van der Waals surface area contributed by atoms with Crippen LogP contribution < -0.4 is 0 Å². The molecule has 4 rings (SSSR count). The maximum atomic E-state index is 13.3. The van der Waals surface area contributed by atoms with Crippen LogP contribution in [-0.4, -0.2) is 58.3 Å². The van der Waals surface area contributed by atoms with E-state index in [1.807, 2.05) is 42.5 Å². The van der Waals surface area contributed by atoms with Gasteiger partial charge in [-0.3, -0.25) is 0 Å². The molecule has 166 valence electrons. The number of quaternary nitrogens is 1. The number of aliphatic hydroxyl groups is 1. The van der Waals surface area contributed by atoms with E-state index in [4.69, 9.17) is 4.74 Å². The monoisotopic (exact) mass is 432 g/mol. The Balaban J connectivity index is 1.48. The highest BCUT2D eigenvalue weighted by Crippen LogP contribution is 2.32. The van der Waals surface area contributed by atoms with E-state index >= 15 is 0 Å². The number of hydrogen-bond acceptors (Lipinski definition) is 5. The van der Waals surface area contributed by atoms with Crippen LogP contribution in [0, 0.1) is 0 Å². The lowest BCUT2D eigenvalue weighted by Gasteiger charge is -2.36. The van der Waals surface area contributed by atoms with Crippen molar-refractivity contribution in [2.45, 2.75) is 30.9 Å². The number of hydrogen-bond donors (Lipinski definition) is 1. The molecule has 6 heteroatoms. The van der Waals surface area contributed by atoms with E-state index in [9.17, 15) is 9.90 Å². The maximum absolute atomic E-state index is 13.3. The molecule has 0 amide bonds. The molecule has 0 bridgehead atoms. The summed E-state index contributed by atoms with van der Waals surface area (Å²) in [5.74, 6) is 0.191. The quantitative estimate of drug-likeness (QED) is 0.437. The summed E-state index contributed by atoms with van der Waals surface area (Å²) in [5.41, 5.74) is -0.843. The van der Waals surface area contributed by atoms with Crippen LogP contribution in [0.25, 0.3) is 0 Å². The average Bonchev–Trinajstić information content (AvgIpc) is 3.23. The molecule has 0 aliphatic carbocycles. The SMILES string of the molecule is C[N+]1(CCc2ncccn2)CCC[C@@H]1COC(=O)C(O)(c1ccccc1)c1ccccc1. The molecule has 1 aliphatic heterocycles. The molecule has 3 aromatic rings. The lowest BCUT2D eigenvalue weighted by Crippen LogP contribution is -2.52. The molecule has 2 atom stereocenters. The number of likely N-dealkylation sites (N-methyl/N-ethyl adjacent to an activating group) is 1. The Kier molecular flexibility index (Phi) is 6.63. The normalized spacial score (nSPS) is 20.8. The molecule has 0 radical (unpaired) electrons. The first-order chi connectivity index (χ1) is 15.5. The molecule has 1 saturated heterocycles. The van der Waals surface area contributed by atoms with Crippen molar-refractivity contribution in [3.8, 4) is 0 Å². The van der Waals surface area contributed by atoms with E-state index in [-0.39, 0.29) is 12.6 Å². The van der Waals surface area contributed by atoms with Gasteiger partial charge >= 0.3 is 5.97 Å². The van der Waals surface area contributed by atoms with Gasteiger partial charge in [-0.25, -0.2) is 14.8 Å². The van der Waals surface area contributed by atoms with Crippen LogP contribution >= 0.6 is 0 Å². The van der Waals surface area contributed by atoms with Crippen molar-refractivity contribution in [1.29, 1.82) is 0 Å².